The van der Waals surface area contributed by atoms with Crippen LogP contribution >= 0.6 is 0 Å². The van der Waals surface area contributed by atoms with Gasteiger partial charge in [0.15, 0.2) is 11.5 Å². The lowest BCUT2D eigenvalue weighted by molar-refractivity contribution is 0.476. The standard InChI is InChI=1S/C48H32N2O/c1-3-13-33(14-4-1)39-17-7-8-18-40(39)34-25-29-37(30-26-34)49(36-15-5-2-6-16-36)38-31-27-35(28-32-38)41-19-11-20-42-43-21-12-24-46-48(43)50(47(41)42)44-22-9-10-23-45(44)51-46/h1-32H. The van der Waals surface area contributed by atoms with Gasteiger partial charge < -0.3 is 14.2 Å². The van der Waals surface area contributed by atoms with Crippen molar-refractivity contribution < 1.29 is 4.74 Å². The second-order valence-corrected chi connectivity index (χ2v) is 12.9. The zero-order valence-corrected chi connectivity index (χ0v) is 27.8. The number of rotatable bonds is 6. The number of nitrogens with zero attached hydrogens (tertiary/aromatic N) is 2. The first-order valence-electron chi connectivity index (χ1n) is 17.4. The molecule has 240 valence electrons. The summed E-state index contributed by atoms with van der Waals surface area (Å²) in [5.74, 6) is 1.75. The van der Waals surface area contributed by atoms with E-state index in [0.29, 0.717) is 0 Å². The Bertz CT molecular complexity index is 2690. The van der Waals surface area contributed by atoms with E-state index >= 15 is 0 Å². The van der Waals surface area contributed by atoms with Crippen LogP contribution in [0.4, 0.5) is 17.1 Å². The summed E-state index contributed by atoms with van der Waals surface area (Å²) in [7, 11) is 0. The molecule has 3 heteroatoms. The van der Waals surface area contributed by atoms with E-state index in [2.05, 4.69) is 191 Å². The normalized spacial score (nSPS) is 11.7. The summed E-state index contributed by atoms with van der Waals surface area (Å²) in [6, 6.07) is 69.0. The van der Waals surface area contributed by atoms with Gasteiger partial charge in [-0.1, -0.05) is 140 Å². The second kappa shape index (κ2) is 11.9. The van der Waals surface area contributed by atoms with E-state index in [1.54, 1.807) is 0 Å². The zero-order chi connectivity index (χ0) is 33.7. The highest BCUT2D eigenvalue weighted by Crippen LogP contribution is 2.47. The Kier molecular flexibility index (Phi) is 6.81. The van der Waals surface area contributed by atoms with Crippen LogP contribution in [0.25, 0.3) is 60.9 Å². The highest BCUT2D eigenvalue weighted by molar-refractivity contribution is 6.16. The van der Waals surface area contributed by atoms with Crippen molar-refractivity contribution in [2.24, 2.45) is 0 Å². The molecule has 1 aliphatic rings. The summed E-state index contributed by atoms with van der Waals surface area (Å²) in [6.07, 6.45) is 0. The van der Waals surface area contributed by atoms with Gasteiger partial charge in [-0.15, -0.1) is 0 Å². The van der Waals surface area contributed by atoms with Crippen molar-refractivity contribution >= 4 is 38.9 Å². The van der Waals surface area contributed by atoms with Crippen LogP contribution in [-0.2, 0) is 0 Å². The van der Waals surface area contributed by atoms with Crippen molar-refractivity contribution in [1.82, 2.24) is 4.57 Å². The number of hydrogen-bond donors (Lipinski definition) is 0. The molecule has 0 amide bonds. The molecule has 3 nitrogen and oxygen atoms in total. The lowest BCUT2D eigenvalue weighted by Gasteiger charge is -2.26. The maximum Gasteiger partial charge on any atom is 0.152 e. The minimum Gasteiger partial charge on any atom is -0.453 e. The van der Waals surface area contributed by atoms with Gasteiger partial charge in [-0.2, -0.15) is 0 Å². The van der Waals surface area contributed by atoms with Gasteiger partial charge in [-0.25, -0.2) is 0 Å². The number of anilines is 3. The van der Waals surface area contributed by atoms with Crippen LogP contribution in [0.5, 0.6) is 11.5 Å². The van der Waals surface area contributed by atoms with E-state index in [1.165, 1.54) is 44.1 Å². The SMILES string of the molecule is c1ccc(-c2ccccc2-c2ccc(N(c3ccccc3)c3ccc(-c4cccc5c6cccc7c6n(c45)-c4ccccc4O7)cc3)cc2)cc1. The highest BCUT2D eigenvalue weighted by atomic mass is 16.5. The van der Waals surface area contributed by atoms with Crippen molar-refractivity contribution in [3.63, 3.8) is 0 Å². The first-order valence-corrected chi connectivity index (χ1v) is 17.4. The molecular formula is C48H32N2O. The summed E-state index contributed by atoms with van der Waals surface area (Å²) in [4.78, 5) is 2.33. The van der Waals surface area contributed by atoms with Crippen LogP contribution in [0.1, 0.15) is 0 Å². The smallest absolute Gasteiger partial charge is 0.152 e. The van der Waals surface area contributed by atoms with Crippen LogP contribution < -0.4 is 9.64 Å². The van der Waals surface area contributed by atoms with Gasteiger partial charge in [0.05, 0.1) is 16.7 Å². The predicted octanol–water partition coefficient (Wildman–Crippen LogP) is 13.4. The van der Waals surface area contributed by atoms with Crippen LogP contribution in [0.15, 0.2) is 194 Å². The molecule has 0 N–H and O–H groups in total. The lowest BCUT2D eigenvalue weighted by Crippen LogP contribution is -2.09. The minimum absolute atomic E-state index is 0.869. The van der Waals surface area contributed by atoms with E-state index in [-0.39, 0.29) is 0 Å². The van der Waals surface area contributed by atoms with Crippen molar-refractivity contribution in [3.05, 3.63) is 194 Å². The van der Waals surface area contributed by atoms with E-state index in [1.807, 2.05) is 12.1 Å². The molecule has 0 saturated heterocycles. The van der Waals surface area contributed by atoms with Crippen molar-refractivity contribution in [2.75, 3.05) is 4.90 Å². The first-order chi connectivity index (χ1) is 25.3. The van der Waals surface area contributed by atoms with Gasteiger partial charge in [0.1, 0.15) is 0 Å². The third-order valence-corrected chi connectivity index (χ3v) is 10.00. The lowest BCUT2D eigenvalue weighted by atomic mass is 9.94. The maximum absolute atomic E-state index is 6.38. The van der Waals surface area contributed by atoms with Crippen LogP contribution in [-0.4, -0.2) is 4.57 Å². The van der Waals surface area contributed by atoms with Crippen LogP contribution in [0.3, 0.4) is 0 Å². The molecule has 0 atom stereocenters. The molecule has 2 heterocycles. The van der Waals surface area contributed by atoms with E-state index < -0.39 is 0 Å². The molecule has 9 aromatic rings. The molecule has 0 fully saturated rings. The number of hydrogen-bond acceptors (Lipinski definition) is 2. The molecule has 10 rings (SSSR count). The fraction of sp³-hybridized carbons (Fsp3) is 0. The Morgan fingerprint density at radius 2 is 0.804 bits per heavy atom. The summed E-state index contributed by atoms with van der Waals surface area (Å²) in [6.45, 7) is 0. The fourth-order valence-corrected chi connectivity index (χ4v) is 7.70. The minimum atomic E-state index is 0.869. The van der Waals surface area contributed by atoms with Crippen LogP contribution in [0.2, 0.25) is 0 Å². The topological polar surface area (TPSA) is 17.4 Å². The second-order valence-electron chi connectivity index (χ2n) is 12.9. The number of para-hydroxylation sites is 5. The van der Waals surface area contributed by atoms with Gasteiger partial charge in [-0.05, 0) is 82.4 Å². The van der Waals surface area contributed by atoms with E-state index in [9.17, 15) is 0 Å². The average Bonchev–Trinajstić information content (AvgIpc) is 3.55. The van der Waals surface area contributed by atoms with Crippen molar-refractivity contribution in [2.45, 2.75) is 0 Å². The Balaban J connectivity index is 1.07. The van der Waals surface area contributed by atoms with Gasteiger partial charge in [-0.3, -0.25) is 0 Å². The van der Waals surface area contributed by atoms with Gasteiger partial charge >= 0.3 is 0 Å². The van der Waals surface area contributed by atoms with Gasteiger partial charge in [0.25, 0.3) is 0 Å². The molecule has 8 aromatic carbocycles. The Hall–Kier alpha value is -6.84. The van der Waals surface area contributed by atoms with Crippen LogP contribution in [0, 0.1) is 0 Å². The average molecular weight is 653 g/mol. The molecule has 0 unspecified atom stereocenters. The van der Waals surface area contributed by atoms with Crippen molar-refractivity contribution in [3.8, 4) is 50.6 Å². The summed E-state index contributed by atoms with van der Waals surface area (Å²) in [5.41, 5.74) is 13.9. The fourth-order valence-electron chi connectivity index (χ4n) is 7.70. The predicted molar refractivity (Wildman–Crippen MR) is 212 cm³/mol. The Morgan fingerprint density at radius 1 is 0.333 bits per heavy atom. The molecule has 0 spiro atoms. The van der Waals surface area contributed by atoms with Crippen molar-refractivity contribution in [1.29, 1.82) is 0 Å². The molecule has 0 bridgehead atoms. The third-order valence-electron chi connectivity index (χ3n) is 10.00. The van der Waals surface area contributed by atoms with Gasteiger partial charge in [0, 0.05) is 33.4 Å². The monoisotopic (exact) mass is 652 g/mol. The van der Waals surface area contributed by atoms with Gasteiger partial charge in [0.2, 0.25) is 0 Å². The number of aromatic nitrogens is 1. The molecule has 51 heavy (non-hydrogen) atoms. The summed E-state index contributed by atoms with van der Waals surface area (Å²) in [5, 5.41) is 2.41. The number of benzene rings is 8. The third kappa shape index (κ3) is 4.82. The largest absolute Gasteiger partial charge is 0.453 e. The Labute approximate surface area is 296 Å². The molecule has 1 aromatic heterocycles. The van der Waals surface area contributed by atoms with E-state index in [4.69, 9.17) is 4.74 Å². The summed E-state index contributed by atoms with van der Waals surface area (Å²) < 4.78 is 8.77. The quantitative estimate of drug-likeness (QED) is 0.178. The highest BCUT2D eigenvalue weighted by Gasteiger charge is 2.25. The van der Waals surface area contributed by atoms with E-state index in [0.717, 1.165) is 45.3 Å². The Morgan fingerprint density at radius 3 is 1.49 bits per heavy atom. The molecule has 1 aliphatic heterocycles. The maximum atomic E-state index is 6.38. The zero-order valence-electron chi connectivity index (χ0n) is 27.8. The first kappa shape index (κ1) is 29.1. The number of fused-ring (bicyclic) bond motifs is 5. The number of ether oxygens (including phenoxy) is 1. The molecule has 0 aliphatic carbocycles. The molecule has 0 radical (unpaired) electrons. The molecule has 0 saturated carbocycles. The summed E-state index contributed by atoms with van der Waals surface area (Å²) >= 11 is 0. The molecular weight excluding hydrogens is 621 g/mol.